The van der Waals surface area contributed by atoms with Gasteiger partial charge in [-0.3, -0.25) is 9.59 Å². The van der Waals surface area contributed by atoms with Crippen LogP contribution in [-0.4, -0.2) is 36.3 Å². The van der Waals surface area contributed by atoms with Crippen molar-refractivity contribution in [3.05, 3.63) is 23.8 Å². The summed E-state index contributed by atoms with van der Waals surface area (Å²) >= 11 is 0. The van der Waals surface area contributed by atoms with Gasteiger partial charge in [0.2, 0.25) is 11.8 Å². The minimum atomic E-state index is -0.0190. The first-order chi connectivity index (χ1) is 10.0. The summed E-state index contributed by atoms with van der Waals surface area (Å²) in [5, 5.41) is 6.01. The van der Waals surface area contributed by atoms with E-state index in [4.69, 9.17) is 0 Å². The Hall–Kier alpha value is -2.04. The number of likely N-dealkylation sites (N-methyl/N-ethyl adjacent to an activating group) is 1. The Balaban J connectivity index is 2.74. The molecule has 0 fully saturated rings. The van der Waals surface area contributed by atoms with Crippen LogP contribution in [0.3, 0.4) is 0 Å². The maximum Gasteiger partial charge on any atom is 0.241 e. The number of hydrogen-bond donors (Lipinski definition) is 2. The lowest BCUT2D eigenvalue weighted by molar-refractivity contribution is -0.128. The van der Waals surface area contributed by atoms with E-state index in [1.165, 1.54) is 0 Å². The number of carbonyl (C=O) groups excluding carboxylic acids is 2. The molecule has 0 unspecified atom stereocenters. The fourth-order valence-corrected chi connectivity index (χ4v) is 2.06. The number of nitrogens with one attached hydrogen (secondary N) is 2. The zero-order valence-electron chi connectivity index (χ0n) is 13.3. The van der Waals surface area contributed by atoms with Crippen molar-refractivity contribution in [2.24, 2.45) is 0 Å². The fraction of sp³-hybridized carbons (Fsp3) is 0.500. The molecule has 0 spiro atoms. The Morgan fingerprint density at radius 1 is 1.10 bits per heavy atom. The van der Waals surface area contributed by atoms with Crippen LogP contribution >= 0.6 is 0 Å². The van der Waals surface area contributed by atoms with Gasteiger partial charge >= 0.3 is 0 Å². The molecule has 0 aliphatic rings. The monoisotopic (exact) mass is 291 g/mol. The Kier molecular flexibility index (Phi) is 6.72. The Bertz CT molecular complexity index is 496. The zero-order chi connectivity index (χ0) is 15.8. The molecule has 2 N–H and O–H groups in total. The molecule has 0 saturated carbocycles. The highest BCUT2D eigenvalue weighted by Crippen LogP contribution is 2.23. The van der Waals surface area contributed by atoms with Gasteiger partial charge in [0.1, 0.15) is 0 Å². The SMILES string of the molecule is CCC(=O)Nc1cccc(NCC(=O)N(CC)CC)c1C. The minimum Gasteiger partial charge on any atom is -0.376 e. The molecule has 0 aliphatic carbocycles. The summed E-state index contributed by atoms with van der Waals surface area (Å²) in [5.74, 6) is 0.0527. The van der Waals surface area contributed by atoms with Crippen LogP contribution in [0.1, 0.15) is 32.8 Å². The molecule has 5 nitrogen and oxygen atoms in total. The maximum absolute atomic E-state index is 12.0. The Morgan fingerprint density at radius 3 is 2.29 bits per heavy atom. The van der Waals surface area contributed by atoms with E-state index in [2.05, 4.69) is 10.6 Å². The summed E-state index contributed by atoms with van der Waals surface area (Å²) in [4.78, 5) is 25.3. The van der Waals surface area contributed by atoms with Crippen molar-refractivity contribution >= 4 is 23.2 Å². The van der Waals surface area contributed by atoms with Crippen LogP contribution < -0.4 is 10.6 Å². The average molecular weight is 291 g/mol. The van der Waals surface area contributed by atoms with Crippen LogP contribution in [0.25, 0.3) is 0 Å². The summed E-state index contributed by atoms with van der Waals surface area (Å²) in [6.07, 6.45) is 0.442. The van der Waals surface area contributed by atoms with Gasteiger partial charge in [-0.25, -0.2) is 0 Å². The van der Waals surface area contributed by atoms with E-state index in [0.29, 0.717) is 19.5 Å². The lowest BCUT2D eigenvalue weighted by Gasteiger charge is -2.20. The molecule has 21 heavy (non-hydrogen) atoms. The van der Waals surface area contributed by atoms with E-state index in [1.54, 1.807) is 4.90 Å². The predicted octanol–water partition coefficient (Wildman–Crippen LogP) is 2.62. The molecule has 0 saturated heterocycles. The van der Waals surface area contributed by atoms with Gasteiger partial charge in [0, 0.05) is 30.9 Å². The first kappa shape index (κ1) is 17.0. The third-order valence-corrected chi connectivity index (χ3v) is 3.48. The van der Waals surface area contributed by atoms with E-state index >= 15 is 0 Å². The lowest BCUT2D eigenvalue weighted by atomic mass is 10.1. The molecule has 0 aromatic heterocycles. The van der Waals surface area contributed by atoms with E-state index in [-0.39, 0.29) is 18.4 Å². The molecular weight excluding hydrogens is 266 g/mol. The first-order valence-corrected chi connectivity index (χ1v) is 7.44. The summed E-state index contributed by atoms with van der Waals surface area (Å²) in [6, 6.07) is 5.63. The van der Waals surface area contributed by atoms with Crippen LogP contribution in [0.5, 0.6) is 0 Å². The summed E-state index contributed by atoms with van der Waals surface area (Å²) in [7, 11) is 0. The van der Waals surface area contributed by atoms with E-state index < -0.39 is 0 Å². The summed E-state index contributed by atoms with van der Waals surface area (Å²) < 4.78 is 0. The highest BCUT2D eigenvalue weighted by Gasteiger charge is 2.11. The molecule has 0 bridgehead atoms. The molecule has 2 amide bonds. The quantitative estimate of drug-likeness (QED) is 0.812. The van der Waals surface area contributed by atoms with Gasteiger partial charge < -0.3 is 15.5 Å². The summed E-state index contributed by atoms with van der Waals surface area (Å²) in [5.41, 5.74) is 2.58. The molecule has 0 heterocycles. The lowest BCUT2D eigenvalue weighted by Crippen LogP contribution is -2.35. The summed E-state index contributed by atoms with van der Waals surface area (Å²) in [6.45, 7) is 9.35. The number of anilines is 2. The standard InChI is InChI=1S/C16H25N3O2/c1-5-15(20)18-14-10-8-9-13(12(14)4)17-11-16(21)19(6-2)7-3/h8-10,17H,5-7,11H2,1-4H3,(H,18,20). The smallest absolute Gasteiger partial charge is 0.241 e. The predicted molar refractivity (Wildman–Crippen MR) is 86.5 cm³/mol. The number of rotatable bonds is 7. The largest absolute Gasteiger partial charge is 0.376 e. The molecular formula is C16H25N3O2. The minimum absolute atomic E-state index is 0.0190. The fourth-order valence-electron chi connectivity index (χ4n) is 2.06. The van der Waals surface area contributed by atoms with Crippen molar-refractivity contribution < 1.29 is 9.59 Å². The van der Waals surface area contributed by atoms with E-state index in [9.17, 15) is 9.59 Å². The Morgan fingerprint density at radius 2 is 1.71 bits per heavy atom. The maximum atomic E-state index is 12.0. The molecule has 0 atom stereocenters. The van der Waals surface area contributed by atoms with Crippen LogP contribution in [0.4, 0.5) is 11.4 Å². The molecule has 0 aliphatic heterocycles. The third kappa shape index (κ3) is 4.77. The van der Waals surface area contributed by atoms with Gasteiger partial charge in [0.05, 0.1) is 6.54 Å². The second-order valence-electron chi connectivity index (χ2n) is 4.80. The molecule has 1 aromatic carbocycles. The highest BCUT2D eigenvalue weighted by atomic mass is 16.2. The van der Waals surface area contributed by atoms with Gasteiger partial charge in [-0.15, -0.1) is 0 Å². The van der Waals surface area contributed by atoms with Crippen LogP contribution in [0.2, 0.25) is 0 Å². The molecule has 116 valence electrons. The van der Waals surface area contributed by atoms with Crippen molar-refractivity contribution in [2.75, 3.05) is 30.3 Å². The first-order valence-electron chi connectivity index (χ1n) is 7.44. The molecule has 5 heteroatoms. The number of carbonyl (C=O) groups is 2. The number of hydrogen-bond acceptors (Lipinski definition) is 3. The van der Waals surface area contributed by atoms with Gasteiger partial charge in [0.15, 0.2) is 0 Å². The zero-order valence-corrected chi connectivity index (χ0v) is 13.3. The highest BCUT2D eigenvalue weighted by molar-refractivity contribution is 5.92. The van der Waals surface area contributed by atoms with Crippen molar-refractivity contribution in [3.63, 3.8) is 0 Å². The topological polar surface area (TPSA) is 61.4 Å². The molecule has 1 rings (SSSR count). The number of benzene rings is 1. The van der Waals surface area contributed by atoms with Crippen LogP contribution in [0.15, 0.2) is 18.2 Å². The van der Waals surface area contributed by atoms with E-state index in [0.717, 1.165) is 16.9 Å². The normalized spacial score (nSPS) is 10.1. The molecule has 1 aromatic rings. The van der Waals surface area contributed by atoms with Gasteiger partial charge in [0.25, 0.3) is 0 Å². The Labute approximate surface area is 126 Å². The van der Waals surface area contributed by atoms with Gasteiger partial charge in [-0.05, 0) is 38.5 Å². The molecule has 0 radical (unpaired) electrons. The number of nitrogens with zero attached hydrogens (tertiary/aromatic N) is 1. The van der Waals surface area contributed by atoms with Crippen molar-refractivity contribution in [1.29, 1.82) is 0 Å². The van der Waals surface area contributed by atoms with Crippen molar-refractivity contribution in [1.82, 2.24) is 4.90 Å². The third-order valence-electron chi connectivity index (χ3n) is 3.48. The van der Waals surface area contributed by atoms with Crippen LogP contribution in [0, 0.1) is 6.92 Å². The van der Waals surface area contributed by atoms with Crippen LogP contribution in [-0.2, 0) is 9.59 Å². The second kappa shape index (κ2) is 8.29. The van der Waals surface area contributed by atoms with Crippen molar-refractivity contribution in [3.8, 4) is 0 Å². The van der Waals surface area contributed by atoms with Gasteiger partial charge in [-0.2, -0.15) is 0 Å². The number of amides is 2. The van der Waals surface area contributed by atoms with E-state index in [1.807, 2.05) is 45.9 Å². The average Bonchev–Trinajstić information content (AvgIpc) is 2.49. The second-order valence-corrected chi connectivity index (χ2v) is 4.80. The van der Waals surface area contributed by atoms with Crippen molar-refractivity contribution in [2.45, 2.75) is 34.1 Å². The van der Waals surface area contributed by atoms with Gasteiger partial charge in [-0.1, -0.05) is 13.0 Å².